The van der Waals surface area contributed by atoms with Gasteiger partial charge in [0.25, 0.3) is 5.91 Å². The fraction of sp³-hybridized carbons (Fsp3) is 0.471. The number of rotatable bonds is 3. The average Bonchev–Trinajstić information content (AvgIpc) is 3.04. The Balaban J connectivity index is 1.74. The van der Waals surface area contributed by atoms with Gasteiger partial charge in [0.1, 0.15) is 0 Å². The number of nitrogens with zero attached hydrogens (tertiary/aromatic N) is 1. The van der Waals surface area contributed by atoms with E-state index in [1.54, 1.807) is 22.7 Å². The Morgan fingerprint density at radius 1 is 1.48 bits per heavy atom. The van der Waals surface area contributed by atoms with E-state index in [9.17, 15) is 4.79 Å². The fourth-order valence-corrected chi connectivity index (χ4v) is 5.01. The van der Waals surface area contributed by atoms with Gasteiger partial charge in [0.2, 0.25) is 0 Å². The highest BCUT2D eigenvalue weighted by Crippen LogP contribution is 2.33. The maximum Gasteiger partial charge on any atom is 0.264 e. The first kappa shape index (κ1) is 14.8. The molecule has 0 saturated heterocycles. The minimum atomic E-state index is 0.162. The monoisotopic (exact) mass is 319 g/mol. The molecule has 2 nitrogen and oxygen atoms in total. The second-order valence-electron chi connectivity index (χ2n) is 6.10. The Morgan fingerprint density at radius 3 is 3.00 bits per heavy atom. The van der Waals surface area contributed by atoms with E-state index in [2.05, 4.69) is 31.4 Å². The molecular weight excluding hydrogens is 298 g/mol. The summed E-state index contributed by atoms with van der Waals surface area (Å²) in [5.74, 6) is 0.913. The van der Waals surface area contributed by atoms with E-state index in [-0.39, 0.29) is 5.91 Å². The van der Waals surface area contributed by atoms with Gasteiger partial charge < -0.3 is 4.90 Å². The summed E-state index contributed by atoms with van der Waals surface area (Å²) >= 11 is 3.43. The number of hydrogen-bond acceptors (Lipinski definition) is 3. The van der Waals surface area contributed by atoms with Crippen molar-refractivity contribution in [1.29, 1.82) is 0 Å². The van der Waals surface area contributed by atoms with Gasteiger partial charge in [0.05, 0.1) is 11.4 Å². The maximum absolute atomic E-state index is 12.6. The molecular formula is C17H21NOS2. The van der Waals surface area contributed by atoms with Crippen LogP contribution in [0.3, 0.4) is 0 Å². The minimum Gasteiger partial charge on any atom is -0.336 e. The van der Waals surface area contributed by atoms with Crippen molar-refractivity contribution in [1.82, 2.24) is 4.90 Å². The van der Waals surface area contributed by atoms with Crippen molar-refractivity contribution in [2.24, 2.45) is 5.92 Å². The number of aryl methyl sites for hydroxylation is 2. The Morgan fingerprint density at radius 2 is 2.29 bits per heavy atom. The van der Waals surface area contributed by atoms with E-state index >= 15 is 0 Å². The molecule has 3 rings (SSSR count). The predicted octanol–water partition coefficient (Wildman–Crippen LogP) is 4.52. The Hall–Kier alpha value is -1.13. The maximum atomic E-state index is 12.6. The van der Waals surface area contributed by atoms with E-state index in [4.69, 9.17) is 0 Å². The Bertz CT molecular complexity index is 656. The number of carbonyl (C=O) groups is 1. The van der Waals surface area contributed by atoms with Crippen molar-refractivity contribution in [3.63, 3.8) is 0 Å². The van der Waals surface area contributed by atoms with E-state index in [0.29, 0.717) is 6.54 Å². The molecule has 0 spiro atoms. The highest BCUT2D eigenvalue weighted by molar-refractivity contribution is 7.14. The number of thiophene rings is 2. The van der Waals surface area contributed by atoms with Crippen LogP contribution in [0.4, 0.5) is 0 Å². The molecule has 0 N–H and O–H groups in total. The van der Waals surface area contributed by atoms with E-state index < -0.39 is 0 Å². The van der Waals surface area contributed by atoms with Crippen molar-refractivity contribution in [3.8, 4) is 0 Å². The van der Waals surface area contributed by atoms with Gasteiger partial charge in [-0.15, -0.1) is 22.7 Å². The lowest BCUT2D eigenvalue weighted by Crippen LogP contribution is -2.25. The average molecular weight is 319 g/mol. The largest absolute Gasteiger partial charge is 0.336 e. The third kappa shape index (κ3) is 3.06. The van der Waals surface area contributed by atoms with Gasteiger partial charge >= 0.3 is 0 Å². The summed E-state index contributed by atoms with van der Waals surface area (Å²) in [6, 6.07) is 4.25. The lowest BCUT2D eigenvalue weighted by molar-refractivity contribution is 0.0791. The summed E-state index contributed by atoms with van der Waals surface area (Å²) in [5.41, 5.74) is 2.68. The molecule has 112 valence electrons. The van der Waals surface area contributed by atoms with Crippen LogP contribution in [0.25, 0.3) is 0 Å². The zero-order valence-electron chi connectivity index (χ0n) is 12.8. The summed E-state index contributed by atoms with van der Waals surface area (Å²) in [4.78, 5) is 18.1. The summed E-state index contributed by atoms with van der Waals surface area (Å²) in [6.45, 7) is 5.12. The molecule has 1 aliphatic carbocycles. The third-order valence-electron chi connectivity index (χ3n) is 4.24. The molecule has 4 heteroatoms. The van der Waals surface area contributed by atoms with Gasteiger partial charge in [0.15, 0.2) is 0 Å². The van der Waals surface area contributed by atoms with Crippen LogP contribution in [-0.2, 0) is 19.4 Å². The van der Waals surface area contributed by atoms with Gasteiger partial charge in [-0.05, 0) is 60.7 Å². The molecule has 0 aromatic carbocycles. The summed E-state index contributed by atoms with van der Waals surface area (Å²) in [7, 11) is 1.91. The second kappa shape index (κ2) is 5.93. The topological polar surface area (TPSA) is 20.3 Å². The Labute approximate surface area is 134 Å². The molecule has 0 aliphatic heterocycles. The lowest BCUT2D eigenvalue weighted by Gasteiger charge is -2.16. The van der Waals surface area contributed by atoms with Gasteiger partial charge in [-0.2, -0.15) is 0 Å². The van der Waals surface area contributed by atoms with Crippen LogP contribution >= 0.6 is 22.7 Å². The highest BCUT2D eigenvalue weighted by Gasteiger charge is 2.22. The van der Waals surface area contributed by atoms with E-state index in [0.717, 1.165) is 23.6 Å². The third-order valence-corrected chi connectivity index (χ3v) is 6.47. The minimum absolute atomic E-state index is 0.162. The van der Waals surface area contributed by atoms with Crippen LogP contribution in [0, 0.1) is 12.8 Å². The smallest absolute Gasteiger partial charge is 0.264 e. The van der Waals surface area contributed by atoms with Gasteiger partial charge in [0, 0.05) is 16.8 Å². The molecule has 2 aromatic rings. The number of carbonyl (C=O) groups excluding carboxylic acids is 1. The molecule has 2 aromatic heterocycles. The molecule has 1 atom stereocenters. The first-order valence-electron chi connectivity index (χ1n) is 7.44. The Kier molecular flexibility index (Phi) is 4.18. The first-order valence-corrected chi connectivity index (χ1v) is 9.14. The van der Waals surface area contributed by atoms with Crippen LogP contribution in [-0.4, -0.2) is 17.9 Å². The summed E-state index contributed by atoms with van der Waals surface area (Å²) in [6.07, 6.45) is 3.53. The molecule has 1 aliphatic rings. The van der Waals surface area contributed by atoms with Crippen LogP contribution < -0.4 is 0 Å². The number of hydrogen-bond donors (Lipinski definition) is 0. The highest BCUT2D eigenvalue weighted by atomic mass is 32.1. The molecule has 0 bridgehead atoms. The normalized spacial score (nSPS) is 17.6. The molecule has 0 unspecified atom stereocenters. The quantitative estimate of drug-likeness (QED) is 0.815. The zero-order valence-corrected chi connectivity index (χ0v) is 14.4. The summed E-state index contributed by atoms with van der Waals surface area (Å²) < 4.78 is 0. The molecule has 0 radical (unpaired) electrons. The first-order chi connectivity index (χ1) is 10.0. The van der Waals surface area contributed by atoms with Crippen LogP contribution in [0.15, 0.2) is 17.5 Å². The molecule has 1 amide bonds. The number of fused-ring (bicyclic) bond motifs is 1. The van der Waals surface area contributed by atoms with Crippen LogP contribution in [0.5, 0.6) is 0 Å². The van der Waals surface area contributed by atoms with Crippen molar-refractivity contribution < 1.29 is 4.79 Å². The van der Waals surface area contributed by atoms with Crippen molar-refractivity contribution >= 4 is 28.6 Å². The second-order valence-corrected chi connectivity index (χ2v) is 8.23. The predicted molar refractivity (Wildman–Crippen MR) is 90.4 cm³/mol. The standard InChI is InChI=1S/C17H21NOS2/c1-11-4-5-14-13(8-11)9-15(21-14)17(19)18(3)10-16-12(2)6-7-20-16/h6-7,9,11H,4-5,8,10H2,1-3H3/t11-/m0/s1. The van der Waals surface area contributed by atoms with Gasteiger partial charge in [-0.3, -0.25) is 4.79 Å². The number of amides is 1. The van der Waals surface area contributed by atoms with Crippen LogP contribution in [0.1, 0.15) is 43.9 Å². The molecule has 21 heavy (non-hydrogen) atoms. The fourth-order valence-electron chi connectivity index (χ4n) is 2.85. The SMILES string of the molecule is Cc1ccsc1CN(C)C(=O)c1cc2c(s1)CC[C@H](C)C2. The molecule has 0 saturated carbocycles. The van der Waals surface area contributed by atoms with Crippen molar-refractivity contribution in [3.05, 3.63) is 43.3 Å². The van der Waals surface area contributed by atoms with Crippen molar-refractivity contribution in [2.75, 3.05) is 7.05 Å². The van der Waals surface area contributed by atoms with E-state index in [1.807, 2.05) is 11.9 Å². The molecule has 2 heterocycles. The van der Waals surface area contributed by atoms with Crippen molar-refractivity contribution in [2.45, 2.75) is 39.7 Å². The summed E-state index contributed by atoms with van der Waals surface area (Å²) in [5, 5.41) is 2.09. The van der Waals surface area contributed by atoms with E-state index in [1.165, 1.54) is 27.3 Å². The zero-order chi connectivity index (χ0) is 15.0. The molecule has 0 fully saturated rings. The van der Waals surface area contributed by atoms with Gasteiger partial charge in [-0.25, -0.2) is 0 Å². The van der Waals surface area contributed by atoms with Gasteiger partial charge in [-0.1, -0.05) is 6.92 Å². The lowest BCUT2D eigenvalue weighted by atomic mass is 9.90. The van der Waals surface area contributed by atoms with Crippen LogP contribution in [0.2, 0.25) is 0 Å².